The number of hydrazine groups is 1. The van der Waals surface area contributed by atoms with E-state index in [1.165, 1.54) is 3.22 Å². The van der Waals surface area contributed by atoms with E-state index in [1.807, 2.05) is 28.9 Å². The SMILES string of the molecule is NN(I)c1ccccc1O. The van der Waals surface area contributed by atoms with Crippen LogP contribution in [0.25, 0.3) is 0 Å². The molecular formula is C6H7IN2O. The maximum Gasteiger partial charge on any atom is 0.141 e. The molecule has 0 atom stereocenters. The van der Waals surface area contributed by atoms with Crippen LogP contribution < -0.4 is 9.06 Å². The number of hydrogen-bond acceptors (Lipinski definition) is 3. The summed E-state index contributed by atoms with van der Waals surface area (Å²) in [5.74, 6) is 5.57. The van der Waals surface area contributed by atoms with Crippen molar-refractivity contribution in [1.82, 2.24) is 0 Å². The first kappa shape index (κ1) is 7.62. The van der Waals surface area contributed by atoms with Gasteiger partial charge in [-0.25, -0.2) is 9.06 Å². The van der Waals surface area contributed by atoms with Gasteiger partial charge in [-0.3, -0.25) is 0 Å². The van der Waals surface area contributed by atoms with Gasteiger partial charge in [-0.2, -0.15) is 0 Å². The molecule has 0 bridgehead atoms. The number of halogens is 1. The van der Waals surface area contributed by atoms with E-state index < -0.39 is 0 Å². The fourth-order valence-electron chi connectivity index (χ4n) is 0.645. The van der Waals surface area contributed by atoms with Crippen molar-refractivity contribution < 1.29 is 5.11 Å². The van der Waals surface area contributed by atoms with Gasteiger partial charge in [0.2, 0.25) is 0 Å². The Morgan fingerprint density at radius 1 is 1.40 bits per heavy atom. The van der Waals surface area contributed by atoms with E-state index in [4.69, 9.17) is 10.9 Å². The Balaban J connectivity index is 3.03. The molecule has 0 aliphatic carbocycles. The molecular weight excluding hydrogens is 243 g/mol. The highest BCUT2D eigenvalue weighted by molar-refractivity contribution is 14.1. The van der Waals surface area contributed by atoms with Crippen molar-refractivity contribution in [3.05, 3.63) is 24.3 Å². The van der Waals surface area contributed by atoms with E-state index in [-0.39, 0.29) is 5.75 Å². The first-order chi connectivity index (χ1) is 4.72. The zero-order valence-electron chi connectivity index (χ0n) is 5.16. The lowest BCUT2D eigenvalue weighted by Crippen LogP contribution is -2.17. The van der Waals surface area contributed by atoms with Crippen LogP contribution in [-0.4, -0.2) is 5.11 Å². The summed E-state index contributed by atoms with van der Waals surface area (Å²) in [5, 5.41) is 9.15. The molecule has 0 aromatic heterocycles. The summed E-state index contributed by atoms with van der Waals surface area (Å²) in [6.07, 6.45) is 0. The highest BCUT2D eigenvalue weighted by atomic mass is 127. The smallest absolute Gasteiger partial charge is 0.141 e. The van der Waals surface area contributed by atoms with Crippen LogP contribution in [0.4, 0.5) is 5.69 Å². The molecule has 0 amide bonds. The number of nitrogens with two attached hydrogens (primary N) is 1. The van der Waals surface area contributed by atoms with Crippen molar-refractivity contribution in [2.24, 2.45) is 5.84 Å². The number of anilines is 1. The van der Waals surface area contributed by atoms with Gasteiger partial charge < -0.3 is 5.11 Å². The number of rotatable bonds is 1. The number of nitrogens with zero attached hydrogens (tertiary/aromatic N) is 1. The summed E-state index contributed by atoms with van der Waals surface area (Å²) in [6, 6.07) is 6.89. The minimum atomic E-state index is 0.194. The second-order valence-electron chi connectivity index (χ2n) is 1.80. The van der Waals surface area contributed by atoms with Gasteiger partial charge in [0.25, 0.3) is 0 Å². The number of phenolic OH excluding ortho intramolecular Hbond substituents is 1. The number of benzene rings is 1. The summed E-state index contributed by atoms with van der Waals surface area (Å²) >= 11 is 1.89. The average Bonchev–Trinajstić information content (AvgIpc) is 1.88. The van der Waals surface area contributed by atoms with Gasteiger partial charge in [0.1, 0.15) is 11.4 Å². The van der Waals surface area contributed by atoms with Crippen molar-refractivity contribution >= 4 is 28.6 Å². The summed E-state index contributed by atoms with van der Waals surface area (Å²) in [4.78, 5) is 0. The van der Waals surface area contributed by atoms with Crippen LogP contribution in [0.15, 0.2) is 24.3 Å². The monoisotopic (exact) mass is 250 g/mol. The van der Waals surface area contributed by atoms with Crippen molar-refractivity contribution in [3.8, 4) is 5.75 Å². The predicted octanol–water partition coefficient (Wildman–Crippen LogP) is 1.42. The molecule has 0 saturated carbocycles. The molecule has 3 nitrogen and oxygen atoms in total. The highest BCUT2D eigenvalue weighted by Gasteiger charge is 2.00. The standard InChI is InChI=1S/C6H7IN2O/c7-9(8)5-3-1-2-4-6(5)10/h1-4,10H,8H2. The van der Waals surface area contributed by atoms with Crippen molar-refractivity contribution in [2.75, 3.05) is 3.22 Å². The number of aromatic hydroxyl groups is 1. The molecule has 0 spiro atoms. The Morgan fingerprint density at radius 3 is 2.40 bits per heavy atom. The third kappa shape index (κ3) is 1.51. The molecule has 1 aromatic rings. The average molecular weight is 250 g/mol. The van der Waals surface area contributed by atoms with Crippen molar-refractivity contribution in [2.45, 2.75) is 0 Å². The quantitative estimate of drug-likeness (QED) is 0.343. The molecule has 0 aliphatic heterocycles. The normalized spacial score (nSPS) is 9.40. The number of para-hydroxylation sites is 2. The molecule has 0 radical (unpaired) electrons. The van der Waals surface area contributed by atoms with E-state index in [0.717, 1.165) is 0 Å². The molecule has 0 unspecified atom stereocenters. The molecule has 54 valence electrons. The van der Waals surface area contributed by atoms with Crippen molar-refractivity contribution in [1.29, 1.82) is 0 Å². The maximum absolute atomic E-state index is 9.15. The molecule has 1 aromatic carbocycles. The summed E-state index contributed by atoms with van der Waals surface area (Å²) in [6.45, 7) is 0. The van der Waals surface area contributed by atoms with Gasteiger partial charge in [0, 0.05) is 0 Å². The van der Waals surface area contributed by atoms with Crippen LogP contribution in [0.1, 0.15) is 0 Å². The molecule has 1 rings (SSSR count). The van der Waals surface area contributed by atoms with Crippen LogP contribution in [0.3, 0.4) is 0 Å². The van der Waals surface area contributed by atoms with Crippen LogP contribution in [-0.2, 0) is 0 Å². The molecule has 0 heterocycles. The zero-order valence-corrected chi connectivity index (χ0v) is 7.32. The van der Waals surface area contributed by atoms with Gasteiger partial charge in [-0.1, -0.05) is 12.1 Å². The first-order valence-corrected chi connectivity index (χ1v) is 3.67. The summed E-state index contributed by atoms with van der Waals surface area (Å²) in [5.41, 5.74) is 0.614. The van der Waals surface area contributed by atoms with E-state index in [2.05, 4.69) is 0 Å². The summed E-state index contributed by atoms with van der Waals surface area (Å²) in [7, 11) is 0. The minimum absolute atomic E-state index is 0.194. The molecule has 10 heavy (non-hydrogen) atoms. The van der Waals surface area contributed by atoms with E-state index >= 15 is 0 Å². The molecule has 3 N–H and O–H groups in total. The molecule has 4 heteroatoms. The van der Waals surface area contributed by atoms with Gasteiger partial charge >= 0.3 is 0 Å². The van der Waals surface area contributed by atoms with Crippen LogP contribution >= 0.6 is 22.9 Å². The Morgan fingerprint density at radius 2 is 2.00 bits per heavy atom. The molecule has 0 aliphatic rings. The molecule has 0 saturated heterocycles. The predicted molar refractivity (Wildman–Crippen MR) is 48.8 cm³/mol. The van der Waals surface area contributed by atoms with Gasteiger partial charge in [-0.05, 0) is 12.1 Å². The second kappa shape index (κ2) is 3.07. The topological polar surface area (TPSA) is 49.5 Å². The number of phenols is 1. The minimum Gasteiger partial charge on any atom is -0.506 e. The van der Waals surface area contributed by atoms with Gasteiger partial charge in [0.15, 0.2) is 0 Å². The Labute approximate surface area is 72.9 Å². The Kier molecular flexibility index (Phi) is 2.34. The first-order valence-electron chi connectivity index (χ1n) is 2.70. The number of hydrogen-bond donors (Lipinski definition) is 2. The second-order valence-corrected chi connectivity index (χ2v) is 2.84. The lowest BCUT2D eigenvalue weighted by molar-refractivity contribution is 0.476. The lowest BCUT2D eigenvalue weighted by atomic mass is 10.3. The lowest BCUT2D eigenvalue weighted by Gasteiger charge is -2.09. The largest absolute Gasteiger partial charge is 0.506 e. The van der Waals surface area contributed by atoms with Gasteiger partial charge in [-0.15, -0.1) is 0 Å². The highest BCUT2D eigenvalue weighted by Crippen LogP contribution is 2.25. The Bertz CT molecular complexity index is 227. The zero-order chi connectivity index (χ0) is 7.56. The van der Waals surface area contributed by atoms with Crippen LogP contribution in [0.5, 0.6) is 5.75 Å². The van der Waals surface area contributed by atoms with E-state index in [1.54, 1.807) is 18.2 Å². The van der Waals surface area contributed by atoms with E-state index in [0.29, 0.717) is 5.69 Å². The van der Waals surface area contributed by atoms with Gasteiger partial charge in [0.05, 0.1) is 22.9 Å². The Hall–Kier alpha value is -0.490. The fourth-order valence-corrected chi connectivity index (χ4v) is 1.05. The van der Waals surface area contributed by atoms with Crippen molar-refractivity contribution in [3.63, 3.8) is 0 Å². The third-order valence-corrected chi connectivity index (χ3v) is 1.63. The maximum atomic E-state index is 9.15. The van der Waals surface area contributed by atoms with E-state index in [9.17, 15) is 0 Å². The third-order valence-electron chi connectivity index (χ3n) is 1.11. The van der Waals surface area contributed by atoms with Crippen LogP contribution in [0, 0.1) is 0 Å². The summed E-state index contributed by atoms with van der Waals surface area (Å²) < 4.78 is 1.34. The van der Waals surface area contributed by atoms with Crippen LogP contribution in [0.2, 0.25) is 0 Å². The fraction of sp³-hybridized carbons (Fsp3) is 0. The molecule has 0 fully saturated rings.